The molecule has 0 heterocycles. The van der Waals surface area contributed by atoms with Crippen LogP contribution in [0, 0.1) is 10.2 Å². The number of rotatable bonds is 1. The Morgan fingerprint density at radius 3 is 1.67 bits per heavy atom. The van der Waals surface area contributed by atoms with Crippen molar-refractivity contribution >= 4 is 19.4 Å². The Morgan fingerprint density at radius 2 is 1.39 bits per heavy atom. The molecule has 0 aliphatic carbocycles. The molecule has 0 bridgehead atoms. The summed E-state index contributed by atoms with van der Waals surface area (Å²) in [6.45, 7) is 12.5. The number of aromatic hydroxyl groups is 1. The van der Waals surface area contributed by atoms with Gasteiger partial charge in [0.05, 0.1) is 0 Å². The fourth-order valence-electron chi connectivity index (χ4n) is 1.86. The van der Waals surface area contributed by atoms with Gasteiger partial charge in [0, 0.05) is 0 Å². The Kier molecular flexibility index (Phi) is 4.15. The molecule has 1 N–H and O–H groups in total. The van der Waals surface area contributed by atoms with E-state index in [4.69, 9.17) is 5.26 Å². The van der Waals surface area contributed by atoms with E-state index in [1.807, 2.05) is 12.1 Å². The van der Waals surface area contributed by atoms with Gasteiger partial charge in [0.1, 0.15) is 0 Å². The molecular weight excluding hydrogens is 289 g/mol. The molecule has 0 aliphatic heterocycles. The molecule has 3 heteroatoms. The first-order valence-corrected chi connectivity index (χ1v) is 7.72. The Labute approximate surface area is 116 Å². The Bertz CT molecular complexity index is 452. The summed E-state index contributed by atoms with van der Waals surface area (Å²) >= 11 is -0.187. The summed E-state index contributed by atoms with van der Waals surface area (Å²) in [7, 11) is 0. The molecule has 0 radical (unpaired) electrons. The van der Waals surface area contributed by atoms with E-state index in [9.17, 15) is 5.11 Å². The second-order valence-corrected chi connectivity index (χ2v) is 8.36. The van der Waals surface area contributed by atoms with Gasteiger partial charge in [0.25, 0.3) is 0 Å². The summed E-state index contributed by atoms with van der Waals surface area (Å²) in [6.07, 6.45) is 0. The van der Waals surface area contributed by atoms with Crippen LogP contribution in [0.5, 0.6) is 5.75 Å². The molecule has 0 atom stereocenters. The quantitative estimate of drug-likeness (QED) is 0.811. The van der Waals surface area contributed by atoms with Gasteiger partial charge >= 0.3 is 116 Å². The van der Waals surface area contributed by atoms with Gasteiger partial charge in [-0.15, -0.1) is 0 Å². The van der Waals surface area contributed by atoms with Gasteiger partial charge in [-0.3, -0.25) is 0 Å². The third-order valence-electron chi connectivity index (χ3n) is 2.86. The van der Waals surface area contributed by atoms with Gasteiger partial charge in [0.2, 0.25) is 0 Å². The van der Waals surface area contributed by atoms with Crippen molar-refractivity contribution in [2.24, 2.45) is 0 Å². The van der Waals surface area contributed by atoms with Gasteiger partial charge in [-0.1, -0.05) is 0 Å². The number of nitriles is 1. The van der Waals surface area contributed by atoms with Gasteiger partial charge in [0.15, 0.2) is 0 Å². The van der Waals surface area contributed by atoms with Crippen LogP contribution < -0.4 is 4.46 Å². The molecule has 0 aromatic heterocycles. The number of nitrogens with zero attached hydrogens (tertiary/aromatic N) is 1. The molecule has 18 heavy (non-hydrogen) atoms. The molecule has 0 spiro atoms. The summed E-state index contributed by atoms with van der Waals surface area (Å²) in [5.74, 6) is 0.382. The molecule has 0 aliphatic rings. The van der Waals surface area contributed by atoms with E-state index >= 15 is 0 Å². The fourth-order valence-corrected chi connectivity index (χ4v) is 2.83. The predicted octanol–water partition coefficient (Wildman–Crippen LogP) is 2.80. The Balaban J connectivity index is 3.55. The van der Waals surface area contributed by atoms with Crippen molar-refractivity contribution in [3.8, 4) is 10.7 Å². The van der Waals surface area contributed by atoms with Crippen molar-refractivity contribution in [2.45, 2.75) is 52.4 Å². The molecule has 0 unspecified atom stereocenters. The van der Waals surface area contributed by atoms with Gasteiger partial charge in [-0.2, -0.15) is 0 Å². The van der Waals surface area contributed by atoms with E-state index in [2.05, 4.69) is 46.5 Å². The first-order chi connectivity index (χ1) is 8.07. The second-order valence-electron chi connectivity index (χ2n) is 6.56. The molecule has 0 amide bonds. The SMILES string of the molecule is CC(C)(C)c1cc([Se]C#N)cc(C(C)(C)C)c1O. The molecule has 98 valence electrons. The predicted molar refractivity (Wildman–Crippen MR) is 76.5 cm³/mol. The van der Waals surface area contributed by atoms with Gasteiger partial charge in [-0.25, -0.2) is 0 Å². The van der Waals surface area contributed by atoms with E-state index in [1.165, 1.54) is 0 Å². The first kappa shape index (κ1) is 15.1. The third-order valence-corrected chi connectivity index (χ3v) is 4.04. The van der Waals surface area contributed by atoms with Crippen molar-refractivity contribution in [3.05, 3.63) is 23.3 Å². The molecule has 0 saturated carbocycles. The summed E-state index contributed by atoms with van der Waals surface area (Å²) in [5, 5.41) is 19.4. The monoisotopic (exact) mass is 311 g/mol. The van der Waals surface area contributed by atoms with Crippen molar-refractivity contribution in [2.75, 3.05) is 0 Å². The molecular formula is C15H21NOSe. The molecule has 0 fully saturated rings. The number of hydrogen-bond acceptors (Lipinski definition) is 2. The zero-order valence-electron chi connectivity index (χ0n) is 12.0. The summed E-state index contributed by atoms with van der Waals surface area (Å²) < 4.78 is 1.04. The number of hydrogen-bond donors (Lipinski definition) is 1. The Morgan fingerprint density at radius 1 is 1.00 bits per heavy atom. The first-order valence-electron chi connectivity index (χ1n) is 6.01. The van der Waals surface area contributed by atoms with Crippen LogP contribution in [0.25, 0.3) is 0 Å². The zero-order valence-corrected chi connectivity index (χ0v) is 13.7. The normalized spacial score (nSPS) is 12.3. The van der Waals surface area contributed by atoms with Crippen molar-refractivity contribution in [3.63, 3.8) is 0 Å². The average Bonchev–Trinajstić information content (AvgIpc) is 2.17. The van der Waals surface area contributed by atoms with Crippen molar-refractivity contribution in [1.82, 2.24) is 0 Å². The van der Waals surface area contributed by atoms with Crippen LogP contribution in [0.15, 0.2) is 12.1 Å². The Hall–Kier alpha value is -0.971. The molecule has 1 rings (SSSR count). The number of benzene rings is 1. The van der Waals surface area contributed by atoms with E-state index in [0.29, 0.717) is 5.75 Å². The van der Waals surface area contributed by atoms with Crippen LogP contribution in [0.3, 0.4) is 0 Å². The van der Waals surface area contributed by atoms with Crippen LogP contribution in [-0.4, -0.2) is 20.1 Å². The van der Waals surface area contributed by atoms with Crippen molar-refractivity contribution in [1.29, 1.82) is 5.26 Å². The average molecular weight is 310 g/mol. The summed E-state index contributed by atoms with van der Waals surface area (Å²) in [4.78, 5) is 2.24. The van der Waals surface area contributed by atoms with E-state index in [-0.39, 0.29) is 25.8 Å². The van der Waals surface area contributed by atoms with E-state index in [0.717, 1.165) is 15.6 Å². The maximum atomic E-state index is 10.5. The van der Waals surface area contributed by atoms with Crippen LogP contribution >= 0.6 is 0 Å². The van der Waals surface area contributed by atoms with Crippen LogP contribution in [0.4, 0.5) is 0 Å². The van der Waals surface area contributed by atoms with Crippen LogP contribution in [0.2, 0.25) is 0 Å². The molecule has 2 nitrogen and oxygen atoms in total. The van der Waals surface area contributed by atoms with E-state index < -0.39 is 0 Å². The number of phenolic OH excluding ortho intramolecular Hbond substituents is 1. The van der Waals surface area contributed by atoms with Gasteiger partial charge in [-0.05, 0) is 0 Å². The third kappa shape index (κ3) is 3.28. The molecule has 1 aromatic carbocycles. The molecule has 0 saturated heterocycles. The zero-order chi connectivity index (χ0) is 14.1. The summed E-state index contributed by atoms with van der Waals surface area (Å²) in [6, 6.07) is 3.96. The number of phenols is 1. The maximum absolute atomic E-state index is 10.5. The fraction of sp³-hybridized carbons (Fsp3) is 0.533. The standard InChI is InChI=1S/C15H21NOSe/c1-14(2,3)11-7-10(18-9-16)8-12(13(11)17)15(4,5)6/h7-8,17H,1-6H3. The van der Waals surface area contributed by atoms with E-state index in [1.54, 1.807) is 0 Å². The van der Waals surface area contributed by atoms with Gasteiger partial charge < -0.3 is 0 Å². The van der Waals surface area contributed by atoms with Crippen molar-refractivity contribution < 1.29 is 5.11 Å². The second kappa shape index (κ2) is 4.96. The topological polar surface area (TPSA) is 44.0 Å². The minimum atomic E-state index is -0.187. The van der Waals surface area contributed by atoms with Crippen LogP contribution in [-0.2, 0) is 10.8 Å². The minimum absolute atomic E-state index is 0.119. The summed E-state index contributed by atoms with van der Waals surface area (Å²) in [5.41, 5.74) is 1.63. The molecule has 1 aromatic rings. The van der Waals surface area contributed by atoms with Crippen LogP contribution in [0.1, 0.15) is 52.7 Å².